The zero-order chi connectivity index (χ0) is 37.2. The molecule has 1 aliphatic rings. The molecule has 56 heavy (non-hydrogen) atoms. The summed E-state index contributed by atoms with van der Waals surface area (Å²) in [5, 5.41) is 7.81. The minimum atomic E-state index is 0. The molecule has 0 amide bonds. The third-order valence-electron chi connectivity index (χ3n) is 10.8. The number of aromatic nitrogens is 3. The van der Waals surface area contributed by atoms with Crippen LogP contribution in [0.3, 0.4) is 0 Å². The van der Waals surface area contributed by atoms with Crippen molar-refractivity contribution >= 4 is 38.9 Å². The van der Waals surface area contributed by atoms with Crippen LogP contribution in [0.4, 0.5) is 17.1 Å². The van der Waals surface area contributed by atoms with Gasteiger partial charge < -0.3 is 14.4 Å². The fraction of sp³-hybridized carbons (Fsp3) is 0.0800. The summed E-state index contributed by atoms with van der Waals surface area (Å²) in [4.78, 5) is 4.36. The van der Waals surface area contributed by atoms with Crippen molar-refractivity contribution in [2.24, 2.45) is 0 Å². The summed E-state index contributed by atoms with van der Waals surface area (Å²) in [6, 6.07) is 61.3. The predicted octanol–water partition coefficient (Wildman–Crippen LogP) is 12.2. The molecule has 6 heteroatoms. The van der Waals surface area contributed by atoms with Gasteiger partial charge in [-0.25, -0.2) is 0 Å². The zero-order valence-corrected chi connectivity index (χ0v) is 33.8. The molecule has 10 rings (SSSR count). The Labute approximate surface area is 342 Å². The molecular weight excluding hydrogens is 866 g/mol. The minimum Gasteiger partial charge on any atom is -0.504 e. The van der Waals surface area contributed by atoms with Crippen molar-refractivity contribution in [3.8, 4) is 45.0 Å². The van der Waals surface area contributed by atoms with Crippen molar-refractivity contribution in [3.05, 3.63) is 187 Å². The fourth-order valence-corrected chi connectivity index (χ4v) is 8.49. The summed E-state index contributed by atoms with van der Waals surface area (Å²) in [6.45, 7) is 8.72. The van der Waals surface area contributed by atoms with Gasteiger partial charge in [-0.2, -0.15) is 23.9 Å². The Hall–Kier alpha value is -6.16. The normalized spacial score (nSPS) is 12.4. The van der Waals surface area contributed by atoms with E-state index < -0.39 is 0 Å². The van der Waals surface area contributed by atoms with E-state index >= 15 is 0 Å². The first-order chi connectivity index (χ1) is 26.9. The predicted molar refractivity (Wildman–Crippen MR) is 227 cm³/mol. The average molecular weight is 904 g/mol. The van der Waals surface area contributed by atoms with Crippen molar-refractivity contribution in [1.29, 1.82) is 0 Å². The van der Waals surface area contributed by atoms with Crippen molar-refractivity contribution in [1.82, 2.24) is 14.3 Å². The molecule has 2 aromatic heterocycles. The maximum Gasteiger partial charge on any atom is 0.101 e. The standard InChI is InChI=1S/C50H38N5.Pt/c1-33-28-34(2)47(35(3)29-33)48-49(36-16-7-5-8-17-36)51-55(50(48)37-18-9-6-10-19-37)40-26-27-42-41-22-11-12-23-43(41)54(46(42)31-40)39-21-15-20-38(30-39)53-32-52(4)44-24-13-14-25-45(44)53;/h5-29,32H,1-4H3;/q-3;. The first kappa shape index (κ1) is 35.5. The summed E-state index contributed by atoms with van der Waals surface area (Å²) < 4.78 is 4.40. The van der Waals surface area contributed by atoms with Crippen molar-refractivity contribution < 1.29 is 21.1 Å². The molecule has 0 unspecified atom stereocenters. The second-order valence-electron chi connectivity index (χ2n) is 14.5. The van der Waals surface area contributed by atoms with Gasteiger partial charge in [0.25, 0.3) is 0 Å². The summed E-state index contributed by atoms with van der Waals surface area (Å²) in [5.74, 6) is 0. The molecule has 0 saturated heterocycles. The van der Waals surface area contributed by atoms with E-state index in [0.29, 0.717) is 0 Å². The van der Waals surface area contributed by atoms with E-state index in [4.69, 9.17) is 5.10 Å². The molecular formula is C50H38N5Pt-3. The van der Waals surface area contributed by atoms with Gasteiger partial charge in [0, 0.05) is 54.6 Å². The molecule has 3 heterocycles. The summed E-state index contributed by atoms with van der Waals surface area (Å²) in [7, 11) is 2.08. The Kier molecular flexibility index (Phi) is 8.99. The Morgan fingerprint density at radius 2 is 1.20 bits per heavy atom. The van der Waals surface area contributed by atoms with Crippen LogP contribution >= 0.6 is 0 Å². The third kappa shape index (κ3) is 5.77. The van der Waals surface area contributed by atoms with Crippen molar-refractivity contribution in [3.63, 3.8) is 0 Å². The number of hydrogen-bond acceptors (Lipinski definition) is 3. The van der Waals surface area contributed by atoms with Gasteiger partial charge in [-0.1, -0.05) is 120 Å². The van der Waals surface area contributed by atoms with Gasteiger partial charge in [-0.05, 0) is 73.8 Å². The van der Waals surface area contributed by atoms with Gasteiger partial charge in [-0.3, -0.25) is 4.68 Å². The van der Waals surface area contributed by atoms with E-state index in [1.807, 2.05) is 0 Å². The van der Waals surface area contributed by atoms with Crippen LogP contribution in [-0.4, -0.2) is 21.4 Å². The van der Waals surface area contributed by atoms with Crippen LogP contribution < -0.4 is 9.80 Å². The van der Waals surface area contributed by atoms with E-state index in [-0.39, 0.29) is 21.1 Å². The van der Waals surface area contributed by atoms with E-state index in [0.717, 1.165) is 78.3 Å². The fourth-order valence-electron chi connectivity index (χ4n) is 8.49. The molecule has 0 aliphatic carbocycles. The number of aryl methyl sites for hydroxylation is 3. The number of benzene rings is 7. The Balaban J connectivity index is 0.00000410. The Morgan fingerprint density at radius 1 is 0.554 bits per heavy atom. The molecule has 0 saturated carbocycles. The molecule has 0 fully saturated rings. The monoisotopic (exact) mass is 903 g/mol. The summed E-state index contributed by atoms with van der Waals surface area (Å²) in [5.41, 5.74) is 17.3. The van der Waals surface area contributed by atoms with Gasteiger partial charge in [0.1, 0.15) is 5.69 Å². The molecule has 9 aromatic rings. The third-order valence-corrected chi connectivity index (χ3v) is 10.8. The van der Waals surface area contributed by atoms with Gasteiger partial charge in [0.15, 0.2) is 0 Å². The summed E-state index contributed by atoms with van der Waals surface area (Å²) in [6.07, 6.45) is 0. The SMILES string of the molecule is Cc1cc(C)c(-c2c(-c3ccccc3)nn(-c3[c-]c4c(cc3)c3ccccc3n4-c3[c-]c(N4[CH-]N(C)c5ccccc54)ccc3)c2-c2ccccc2)c(C)c1.[Pt]. The van der Waals surface area contributed by atoms with Crippen LogP contribution in [0.25, 0.3) is 66.8 Å². The molecule has 7 aromatic carbocycles. The molecule has 276 valence electrons. The van der Waals surface area contributed by atoms with Gasteiger partial charge >= 0.3 is 0 Å². The van der Waals surface area contributed by atoms with Crippen molar-refractivity contribution in [2.75, 3.05) is 16.8 Å². The number of rotatable bonds is 6. The van der Waals surface area contributed by atoms with Crippen LogP contribution in [0.15, 0.2) is 152 Å². The Morgan fingerprint density at radius 3 is 1.95 bits per heavy atom. The maximum atomic E-state index is 5.52. The molecule has 1 aliphatic heterocycles. The Bertz CT molecular complexity index is 2880. The van der Waals surface area contributed by atoms with Gasteiger partial charge in [-0.15, -0.1) is 41.4 Å². The van der Waals surface area contributed by atoms with Crippen LogP contribution in [-0.2, 0) is 21.1 Å². The number of anilines is 3. The quantitative estimate of drug-likeness (QED) is 0.156. The molecule has 5 nitrogen and oxygen atoms in total. The molecule has 0 N–H and O–H groups in total. The van der Waals surface area contributed by atoms with Crippen LogP contribution in [0.2, 0.25) is 0 Å². The van der Waals surface area contributed by atoms with Crippen LogP contribution in [0.5, 0.6) is 0 Å². The number of nitrogens with zero attached hydrogens (tertiary/aromatic N) is 5. The van der Waals surface area contributed by atoms with Crippen LogP contribution in [0, 0.1) is 39.6 Å². The number of fused-ring (bicyclic) bond motifs is 4. The van der Waals surface area contributed by atoms with E-state index in [1.165, 1.54) is 22.3 Å². The van der Waals surface area contributed by atoms with E-state index in [2.05, 4.69) is 217 Å². The molecule has 0 atom stereocenters. The van der Waals surface area contributed by atoms with Crippen LogP contribution in [0.1, 0.15) is 16.7 Å². The molecule has 0 bridgehead atoms. The smallest absolute Gasteiger partial charge is 0.101 e. The molecule has 0 spiro atoms. The van der Waals surface area contributed by atoms with E-state index in [1.54, 1.807) is 0 Å². The maximum absolute atomic E-state index is 5.52. The van der Waals surface area contributed by atoms with Gasteiger partial charge in [0.2, 0.25) is 0 Å². The largest absolute Gasteiger partial charge is 0.504 e. The van der Waals surface area contributed by atoms with Gasteiger partial charge in [0.05, 0.1) is 5.69 Å². The van der Waals surface area contributed by atoms with E-state index in [9.17, 15) is 0 Å². The minimum absolute atomic E-state index is 0. The first-order valence-corrected chi connectivity index (χ1v) is 18.7. The first-order valence-electron chi connectivity index (χ1n) is 18.7. The summed E-state index contributed by atoms with van der Waals surface area (Å²) >= 11 is 0. The number of para-hydroxylation sites is 3. The second kappa shape index (κ2) is 14.2. The topological polar surface area (TPSA) is 29.2 Å². The average Bonchev–Trinajstić information content (AvgIpc) is 3.88. The molecule has 0 radical (unpaired) electrons. The van der Waals surface area contributed by atoms with Crippen molar-refractivity contribution in [2.45, 2.75) is 20.8 Å². The number of hydrogen-bond donors (Lipinski definition) is 0. The zero-order valence-electron chi connectivity index (χ0n) is 31.6. The second-order valence-corrected chi connectivity index (χ2v) is 14.5.